The van der Waals surface area contributed by atoms with E-state index in [0.29, 0.717) is 16.8 Å². The quantitative estimate of drug-likeness (QED) is 0.633. The van der Waals surface area contributed by atoms with Gasteiger partial charge in [0.05, 0.1) is 0 Å². The lowest BCUT2D eigenvalue weighted by Gasteiger charge is -2.13. The smallest absolute Gasteiger partial charge is 0.319 e. The molecule has 25 heavy (non-hydrogen) atoms. The first kappa shape index (κ1) is 18.8. The van der Waals surface area contributed by atoms with Crippen LogP contribution in [0.25, 0.3) is 0 Å². The van der Waals surface area contributed by atoms with Gasteiger partial charge in [-0.15, -0.1) is 0 Å². The van der Waals surface area contributed by atoms with Crippen molar-refractivity contribution in [2.75, 3.05) is 18.9 Å². The molecule has 0 unspecified atom stereocenters. The van der Waals surface area contributed by atoms with Crippen LogP contribution in [-0.2, 0) is 4.79 Å². The lowest BCUT2D eigenvalue weighted by molar-refractivity contribution is -0.121. The summed E-state index contributed by atoms with van der Waals surface area (Å²) in [5.41, 5.74) is 1.77. The SMILES string of the molecule is CNC(=O)c1cccc(NC(=O)NCCC(=O)NC2CCCC2)c1C. The molecule has 4 N–H and O–H groups in total. The van der Waals surface area contributed by atoms with Crippen LogP contribution in [0.2, 0.25) is 0 Å². The molecule has 0 aromatic heterocycles. The van der Waals surface area contributed by atoms with Crippen molar-refractivity contribution < 1.29 is 14.4 Å². The minimum Gasteiger partial charge on any atom is -0.355 e. The van der Waals surface area contributed by atoms with Crippen LogP contribution in [0.15, 0.2) is 18.2 Å². The van der Waals surface area contributed by atoms with Gasteiger partial charge in [0, 0.05) is 37.3 Å². The Kier molecular flexibility index (Phi) is 6.80. The van der Waals surface area contributed by atoms with Gasteiger partial charge < -0.3 is 21.3 Å². The summed E-state index contributed by atoms with van der Waals surface area (Å²) in [4.78, 5) is 35.6. The third-order valence-corrected chi connectivity index (χ3v) is 4.41. The molecule has 0 spiro atoms. The Morgan fingerprint density at radius 1 is 1.16 bits per heavy atom. The summed E-state index contributed by atoms with van der Waals surface area (Å²) in [6.07, 6.45) is 4.67. The number of amides is 4. The molecular weight excluding hydrogens is 320 g/mol. The van der Waals surface area contributed by atoms with E-state index >= 15 is 0 Å². The van der Waals surface area contributed by atoms with Gasteiger partial charge in [-0.1, -0.05) is 18.9 Å². The molecule has 2 rings (SSSR count). The number of hydrogen-bond acceptors (Lipinski definition) is 3. The van der Waals surface area contributed by atoms with E-state index in [1.165, 1.54) is 12.8 Å². The van der Waals surface area contributed by atoms with E-state index in [1.54, 1.807) is 32.2 Å². The highest BCUT2D eigenvalue weighted by atomic mass is 16.2. The molecule has 1 aliphatic carbocycles. The zero-order valence-corrected chi connectivity index (χ0v) is 14.8. The molecule has 7 nitrogen and oxygen atoms in total. The van der Waals surface area contributed by atoms with Crippen LogP contribution in [0.3, 0.4) is 0 Å². The molecule has 0 atom stereocenters. The van der Waals surface area contributed by atoms with Crippen molar-refractivity contribution >= 4 is 23.5 Å². The van der Waals surface area contributed by atoms with Gasteiger partial charge in [0.2, 0.25) is 5.91 Å². The minimum atomic E-state index is -0.397. The van der Waals surface area contributed by atoms with Gasteiger partial charge in [-0.3, -0.25) is 9.59 Å². The number of carbonyl (C=O) groups is 3. The molecule has 1 aromatic carbocycles. The van der Waals surface area contributed by atoms with Gasteiger partial charge in [-0.25, -0.2) is 4.79 Å². The molecule has 4 amide bonds. The van der Waals surface area contributed by atoms with Crippen LogP contribution in [0.4, 0.5) is 10.5 Å². The fourth-order valence-corrected chi connectivity index (χ4v) is 2.98. The lowest BCUT2D eigenvalue weighted by Crippen LogP contribution is -2.36. The van der Waals surface area contributed by atoms with Crippen LogP contribution in [0.5, 0.6) is 0 Å². The minimum absolute atomic E-state index is 0.0370. The topological polar surface area (TPSA) is 99.3 Å². The molecular formula is C18H26N4O3. The number of nitrogens with one attached hydrogen (secondary N) is 4. The van der Waals surface area contributed by atoms with E-state index in [-0.39, 0.29) is 30.8 Å². The van der Waals surface area contributed by atoms with E-state index in [4.69, 9.17) is 0 Å². The first-order valence-corrected chi connectivity index (χ1v) is 8.67. The predicted octanol–water partition coefficient (Wildman–Crippen LogP) is 1.93. The molecule has 7 heteroatoms. The second kappa shape index (κ2) is 9.05. The maximum Gasteiger partial charge on any atom is 0.319 e. The lowest BCUT2D eigenvalue weighted by atomic mass is 10.1. The van der Waals surface area contributed by atoms with Crippen LogP contribution < -0.4 is 21.3 Å². The second-order valence-electron chi connectivity index (χ2n) is 6.24. The number of anilines is 1. The highest BCUT2D eigenvalue weighted by molar-refractivity contribution is 5.98. The van der Waals surface area contributed by atoms with E-state index in [9.17, 15) is 14.4 Å². The second-order valence-corrected chi connectivity index (χ2v) is 6.24. The van der Waals surface area contributed by atoms with Crippen molar-refractivity contribution in [2.45, 2.75) is 45.1 Å². The van der Waals surface area contributed by atoms with Crippen LogP contribution in [0.1, 0.15) is 48.0 Å². The van der Waals surface area contributed by atoms with E-state index in [1.807, 2.05) is 0 Å². The van der Waals surface area contributed by atoms with Crippen molar-refractivity contribution in [1.82, 2.24) is 16.0 Å². The monoisotopic (exact) mass is 346 g/mol. The van der Waals surface area contributed by atoms with Crippen molar-refractivity contribution in [3.8, 4) is 0 Å². The molecule has 0 radical (unpaired) electrons. The summed E-state index contributed by atoms with van der Waals surface area (Å²) in [7, 11) is 1.56. The average Bonchev–Trinajstić information content (AvgIpc) is 3.09. The third kappa shape index (κ3) is 5.48. The standard InChI is InChI=1S/C18H26N4O3/c1-12-14(17(24)19-2)8-5-9-15(12)22-18(25)20-11-10-16(23)21-13-6-3-4-7-13/h5,8-9,13H,3-4,6-7,10-11H2,1-2H3,(H,19,24)(H,21,23)(H2,20,22,25). The van der Waals surface area contributed by atoms with Gasteiger partial charge in [0.1, 0.15) is 0 Å². The highest BCUT2D eigenvalue weighted by Gasteiger charge is 2.17. The summed E-state index contributed by atoms with van der Waals surface area (Å²) in [6.45, 7) is 2.04. The Morgan fingerprint density at radius 3 is 2.56 bits per heavy atom. The summed E-state index contributed by atoms with van der Waals surface area (Å²) in [5, 5.41) is 10.9. The number of urea groups is 1. The van der Waals surface area contributed by atoms with Gasteiger partial charge in [0.25, 0.3) is 5.91 Å². The Bertz CT molecular complexity index is 639. The molecule has 1 fully saturated rings. The molecule has 1 saturated carbocycles. The van der Waals surface area contributed by atoms with E-state index in [2.05, 4.69) is 21.3 Å². The normalized spacial score (nSPS) is 14.0. The van der Waals surface area contributed by atoms with Crippen molar-refractivity contribution in [3.05, 3.63) is 29.3 Å². The molecule has 0 saturated heterocycles. The number of benzene rings is 1. The number of hydrogen-bond donors (Lipinski definition) is 4. The molecule has 136 valence electrons. The summed E-state index contributed by atoms with van der Waals surface area (Å²) in [5.74, 6) is -0.241. The summed E-state index contributed by atoms with van der Waals surface area (Å²) in [6, 6.07) is 5.03. The van der Waals surface area contributed by atoms with Gasteiger partial charge in [0.15, 0.2) is 0 Å². The predicted molar refractivity (Wildman–Crippen MR) is 96.6 cm³/mol. The van der Waals surface area contributed by atoms with Crippen molar-refractivity contribution in [1.29, 1.82) is 0 Å². The number of carbonyl (C=O) groups excluding carboxylic acids is 3. The first-order valence-electron chi connectivity index (χ1n) is 8.67. The number of rotatable bonds is 6. The molecule has 0 bridgehead atoms. The molecule has 0 aliphatic heterocycles. The zero-order chi connectivity index (χ0) is 18.2. The summed E-state index contributed by atoms with van der Waals surface area (Å²) >= 11 is 0. The van der Waals surface area contributed by atoms with E-state index in [0.717, 1.165) is 12.8 Å². The molecule has 0 heterocycles. The van der Waals surface area contributed by atoms with Gasteiger partial charge >= 0.3 is 6.03 Å². The Morgan fingerprint density at radius 2 is 1.88 bits per heavy atom. The van der Waals surface area contributed by atoms with Crippen LogP contribution >= 0.6 is 0 Å². The largest absolute Gasteiger partial charge is 0.355 e. The van der Waals surface area contributed by atoms with Crippen molar-refractivity contribution in [2.24, 2.45) is 0 Å². The van der Waals surface area contributed by atoms with Gasteiger partial charge in [-0.2, -0.15) is 0 Å². The Labute approximate surface area is 147 Å². The molecule has 1 aromatic rings. The fourth-order valence-electron chi connectivity index (χ4n) is 2.98. The van der Waals surface area contributed by atoms with Gasteiger partial charge in [-0.05, 0) is 37.5 Å². The highest BCUT2D eigenvalue weighted by Crippen LogP contribution is 2.19. The zero-order valence-electron chi connectivity index (χ0n) is 14.8. The first-order chi connectivity index (χ1) is 12.0. The Hall–Kier alpha value is -2.57. The van der Waals surface area contributed by atoms with Crippen LogP contribution in [-0.4, -0.2) is 37.5 Å². The average molecular weight is 346 g/mol. The maximum absolute atomic E-state index is 12.0. The van der Waals surface area contributed by atoms with E-state index < -0.39 is 6.03 Å². The summed E-state index contributed by atoms with van der Waals surface area (Å²) < 4.78 is 0. The van der Waals surface area contributed by atoms with Crippen molar-refractivity contribution in [3.63, 3.8) is 0 Å². The van der Waals surface area contributed by atoms with Crippen LogP contribution in [0, 0.1) is 6.92 Å². The Balaban J connectivity index is 1.78. The third-order valence-electron chi connectivity index (χ3n) is 4.41. The fraction of sp³-hybridized carbons (Fsp3) is 0.500. The molecule has 1 aliphatic rings. The maximum atomic E-state index is 12.0.